The van der Waals surface area contributed by atoms with Gasteiger partial charge in [-0.25, -0.2) is 0 Å². The van der Waals surface area contributed by atoms with Crippen LogP contribution in [-0.2, 0) is 9.53 Å². The van der Waals surface area contributed by atoms with E-state index in [-0.39, 0.29) is 5.91 Å². The van der Waals surface area contributed by atoms with Gasteiger partial charge in [-0.3, -0.25) is 4.79 Å². The van der Waals surface area contributed by atoms with Gasteiger partial charge in [0.25, 0.3) is 5.91 Å². The molecule has 3 rings (SSSR count). The SMILES string of the molecule is O=C1N=C(N2CCOCC2)S/C1=C\c1ccsc1. The summed E-state index contributed by atoms with van der Waals surface area (Å²) in [5.74, 6) is -0.132. The second-order valence-electron chi connectivity index (χ2n) is 3.97. The number of thiophene rings is 1. The summed E-state index contributed by atoms with van der Waals surface area (Å²) in [7, 11) is 0. The summed E-state index contributed by atoms with van der Waals surface area (Å²) in [4.78, 5) is 18.8. The fourth-order valence-electron chi connectivity index (χ4n) is 1.80. The molecular weight excluding hydrogens is 268 g/mol. The summed E-state index contributed by atoms with van der Waals surface area (Å²) in [5, 5.41) is 4.83. The van der Waals surface area contributed by atoms with E-state index in [9.17, 15) is 4.79 Å². The second-order valence-corrected chi connectivity index (χ2v) is 5.76. The summed E-state index contributed by atoms with van der Waals surface area (Å²) in [6.07, 6.45) is 1.90. The van der Waals surface area contributed by atoms with Crippen LogP contribution in [0.15, 0.2) is 26.7 Å². The predicted molar refractivity (Wildman–Crippen MR) is 74.7 cm³/mol. The smallest absolute Gasteiger partial charge is 0.286 e. The Kier molecular flexibility index (Phi) is 3.49. The van der Waals surface area contributed by atoms with E-state index >= 15 is 0 Å². The topological polar surface area (TPSA) is 41.9 Å². The molecule has 0 radical (unpaired) electrons. The number of carbonyl (C=O) groups excluding carboxylic acids is 1. The molecule has 1 fully saturated rings. The fraction of sp³-hybridized carbons (Fsp3) is 0.333. The first-order valence-electron chi connectivity index (χ1n) is 5.70. The third-order valence-electron chi connectivity index (χ3n) is 2.73. The molecule has 0 spiro atoms. The number of amidine groups is 1. The summed E-state index contributed by atoms with van der Waals surface area (Å²) in [6, 6.07) is 2.00. The van der Waals surface area contributed by atoms with E-state index < -0.39 is 0 Å². The number of morpholine rings is 1. The molecule has 0 aliphatic carbocycles. The Morgan fingerprint density at radius 1 is 1.39 bits per heavy atom. The lowest BCUT2D eigenvalue weighted by Gasteiger charge is -2.27. The molecule has 2 aliphatic rings. The van der Waals surface area contributed by atoms with Crippen LogP contribution in [0, 0.1) is 0 Å². The molecule has 0 bridgehead atoms. The molecule has 3 heterocycles. The Morgan fingerprint density at radius 3 is 2.94 bits per heavy atom. The summed E-state index contributed by atoms with van der Waals surface area (Å²) in [6.45, 7) is 3.03. The molecule has 4 nitrogen and oxygen atoms in total. The van der Waals surface area contributed by atoms with Crippen LogP contribution in [0.4, 0.5) is 0 Å². The molecular formula is C12H12N2O2S2. The maximum atomic E-state index is 11.8. The van der Waals surface area contributed by atoms with Gasteiger partial charge in [0.1, 0.15) is 0 Å². The molecule has 6 heteroatoms. The number of ether oxygens (including phenoxy) is 1. The van der Waals surface area contributed by atoms with Gasteiger partial charge in [-0.15, -0.1) is 0 Å². The number of hydrogen-bond donors (Lipinski definition) is 0. The third-order valence-corrected chi connectivity index (χ3v) is 4.48. The zero-order valence-corrected chi connectivity index (χ0v) is 11.3. The van der Waals surface area contributed by atoms with Crippen molar-refractivity contribution >= 4 is 40.2 Å². The predicted octanol–water partition coefficient (Wildman–Crippen LogP) is 2.05. The van der Waals surface area contributed by atoms with Crippen LogP contribution in [0.2, 0.25) is 0 Å². The number of hydrogen-bond acceptors (Lipinski definition) is 5. The highest BCUT2D eigenvalue weighted by Crippen LogP contribution is 2.30. The first-order chi connectivity index (χ1) is 8.83. The number of thioether (sulfide) groups is 1. The van der Waals surface area contributed by atoms with Crippen molar-refractivity contribution in [2.45, 2.75) is 0 Å². The fourth-order valence-corrected chi connectivity index (χ4v) is 3.38. The van der Waals surface area contributed by atoms with E-state index in [1.807, 2.05) is 22.9 Å². The minimum Gasteiger partial charge on any atom is -0.378 e. The number of nitrogens with zero attached hydrogens (tertiary/aromatic N) is 2. The number of aliphatic imine (C=N–C) groups is 1. The van der Waals surface area contributed by atoms with Gasteiger partial charge >= 0.3 is 0 Å². The molecule has 0 saturated carbocycles. The van der Waals surface area contributed by atoms with E-state index in [0.717, 1.165) is 23.8 Å². The molecule has 0 atom stereocenters. The van der Waals surface area contributed by atoms with Gasteiger partial charge in [0.05, 0.1) is 18.1 Å². The lowest BCUT2D eigenvalue weighted by molar-refractivity contribution is -0.113. The van der Waals surface area contributed by atoms with Gasteiger partial charge in [-0.05, 0) is 40.2 Å². The zero-order chi connectivity index (χ0) is 12.4. The summed E-state index contributed by atoms with van der Waals surface area (Å²) < 4.78 is 5.29. The molecule has 0 N–H and O–H groups in total. The van der Waals surface area contributed by atoms with Crippen molar-refractivity contribution in [3.05, 3.63) is 27.3 Å². The van der Waals surface area contributed by atoms with Crippen molar-refractivity contribution in [1.29, 1.82) is 0 Å². The van der Waals surface area contributed by atoms with Crippen molar-refractivity contribution in [3.8, 4) is 0 Å². The van der Waals surface area contributed by atoms with E-state index in [1.165, 1.54) is 11.8 Å². The molecule has 1 aromatic heterocycles. The average Bonchev–Trinajstić information content (AvgIpc) is 3.02. The Hall–Kier alpha value is -1.11. The monoisotopic (exact) mass is 280 g/mol. The lowest BCUT2D eigenvalue weighted by atomic mass is 10.3. The molecule has 1 aromatic rings. The molecule has 0 unspecified atom stereocenters. The molecule has 2 aliphatic heterocycles. The van der Waals surface area contributed by atoms with Crippen molar-refractivity contribution in [3.63, 3.8) is 0 Å². The van der Waals surface area contributed by atoms with Crippen LogP contribution in [-0.4, -0.2) is 42.3 Å². The first-order valence-corrected chi connectivity index (χ1v) is 7.46. The van der Waals surface area contributed by atoms with Crippen LogP contribution in [0.1, 0.15) is 5.56 Å². The van der Waals surface area contributed by atoms with Crippen molar-refractivity contribution in [2.24, 2.45) is 4.99 Å². The van der Waals surface area contributed by atoms with Crippen LogP contribution >= 0.6 is 23.1 Å². The van der Waals surface area contributed by atoms with Gasteiger partial charge in [0, 0.05) is 13.1 Å². The Bertz CT molecular complexity index is 502. The van der Waals surface area contributed by atoms with E-state index in [4.69, 9.17) is 4.74 Å². The Morgan fingerprint density at radius 2 is 2.22 bits per heavy atom. The van der Waals surface area contributed by atoms with E-state index in [1.54, 1.807) is 11.3 Å². The van der Waals surface area contributed by atoms with Crippen LogP contribution in [0.25, 0.3) is 6.08 Å². The largest absolute Gasteiger partial charge is 0.378 e. The van der Waals surface area contributed by atoms with Crippen molar-refractivity contribution < 1.29 is 9.53 Å². The van der Waals surface area contributed by atoms with Gasteiger partial charge in [0.2, 0.25) is 0 Å². The zero-order valence-electron chi connectivity index (χ0n) is 9.67. The third kappa shape index (κ3) is 2.50. The van der Waals surface area contributed by atoms with Gasteiger partial charge in [-0.2, -0.15) is 16.3 Å². The van der Waals surface area contributed by atoms with Gasteiger partial charge in [0.15, 0.2) is 5.17 Å². The first kappa shape index (κ1) is 12.0. The molecule has 94 valence electrons. The highest BCUT2D eigenvalue weighted by atomic mass is 32.2. The molecule has 1 amide bonds. The summed E-state index contributed by atoms with van der Waals surface area (Å²) >= 11 is 3.08. The standard InChI is InChI=1S/C12H12N2O2S2/c15-11-10(7-9-1-6-17-8-9)18-12(13-11)14-2-4-16-5-3-14/h1,6-8H,2-5H2/b10-7-. The van der Waals surface area contributed by atoms with Crippen LogP contribution in [0.3, 0.4) is 0 Å². The van der Waals surface area contributed by atoms with Gasteiger partial charge < -0.3 is 9.64 Å². The quantitative estimate of drug-likeness (QED) is 0.738. The number of amides is 1. The number of carbonyl (C=O) groups is 1. The summed E-state index contributed by atoms with van der Waals surface area (Å²) in [5.41, 5.74) is 1.06. The normalized spacial score (nSPS) is 22.7. The maximum Gasteiger partial charge on any atom is 0.286 e. The molecule has 0 aromatic carbocycles. The van der Waals surface area contributed by atoms with Crippen LogP contribution in [0.5, 0.6) is 0 Å². The average molecular weight is 280 g/mol. The second kappa shape index (κ2) is 5.26. The van der Waals surface area contributed by atoms with E-state index in [0.29, 0.717) is 18.1 Å². The highest BCUT2D eigenvalue weighted by molar-refractivity contribution is 8.18. The minimum atomic E-state index is -0.132. The minimum absolute atomic E-state index is 0.132. The molecule has 1 saturated heterocycles. The lowest BCUT2D eigenvalue weighted by Crippen LogP contribution is -2.38. The van der Waals surface area contributed by atoms with Crippen molar-refractivity contribution in [1.82, 2.24) is 4.90 Å². The Balaban J connectivity index is 1.74. The van der Waals surface area contributed by atoms with Crippen molar-refractivity contribution in [2.75, 3.05) is 26.3 Å². The highest BCUT2D eigenvalue weighted by Gasteiger charge is 2.26. The van der Waals surface area contributed by atoms with Gasteiger partial charge in [-0.1, -0.05) is 0 Å². The van der Waals surface area contributed by atoms with Crippen LogP contribution < -0.4 is 0 Å². The maximum absolute atomic E-state index is 11.8. The number of rotatable bonds is 1. The van der Waals surface area contributed by atoms with E-state index in [2.05, 4.69) is 9.89 Å². The Labute approximate surface area is 113 Å². The molecule has 18 heavy (non-hydrogen) atoms.